The van der Waals surface area contributed by atoms with Gasteiger partial charge in [0.15, 0.2) is 59.7 Å². The van der Waals surface area contributed by atoms with Crippen molar-refractivity contribution in [1.82, 2.24) is 67.6 Å². The number of carbonyl (C=O) groups is 2. The largest absolute Gasteiger partial charge is 0.550 e. The molecule has 20 heteroatoms. The summed E-state index contributed by atoms with van der Waals surface area (Å²) in [5, 5.41) is 13.8. The maximum absolute atomic E-state index is 12.4. The summed E-state index contributed by atoms with van der Waals surface area (Å²) in [6, 6.07) is 13.4. The quantitative estimate of drug-likeness (QED) is 0.0350. The Morgan fingerprint density at radius 1 is 0.494 bits per heavy atom. The van der Waals surface area contributed by atoms with Gasteiger partial charge in [0.1, 0.15) is 13.1 Å². The van der Waals surface area contributed by atoms with E-state index < -0.39 is 5.97 Å². The number of aryl methyl sites for hydroxylation is 8. The third kappa shape index (κ3) is 20.0. The molecular formula is C63H85N16O3Os+. The number of nitrogens with one attached hydrogen (secondary N) is 1. The van der Waals surface area contributed by atoms with Crippen molar-refractivity contribution in [3.05, 3.63) is 165 Å². The van der Waals surface area contributed by atoms with E-state index in [1.807, 2.05) is 114 Å². The van der Waals surface area contributed by atoms with Crippen LogP contribution in [-0.2, 0) is 84.3 Å². The topological polar surface area (TPSA) is 197 Å². The second-order valence-electron chi connectivity index (χ2n) is 21.4. The first-order valence-corrected chi connectivity index (χ1v) is 29.1. The third-order valence-corrected chi connectivity index (χ3v) is 15.2. The van der Waals surface area contributed by atoms with Crippen LogP contribution >= 0.6 is 0 Å². The van der Waals surface area contributed by atoms with E-state index in [2.05, 4.69) is 129 Å². The minimum Gasteiger partial charge on any atom is -0.550 e. The second kappa shape index (κ2) is 34.0. The van der Waals surface area contributed by atoms with Crippen molar-refractivity contribution in [3.63, 3.8) is 0 Å². The van der Waals surface area contributed by atoms with Gasteiger partial charge in [-0.2, -0.15) is 0 Å². The molecule has 0 spiro atoms. The molecule has 9 aromatic rings. The average molecular weight is 1300 g/mol. The van der Waals surface area contributed by atoms with Gasteiger partial charge in [-0.05, 0) is 117 Å². The molecule has 9 aromatic heterocycles. The van der Waals surface area contributed by atoms with Gasteiger partial charge in [-0.3, -0.25) is 9.78 Å². The second-order valence-corrected chi connectivity index (χ2v) is 21.4. The molecule has 442 valence electrons. The van der Waals surface area contributed by atoms with E-state index in [1.54, 1.807) is 31.0 Å². The fourth-order valence-corrected chi connectivity index (χ4v) is 10.3. The molecule has 0 aliphatic carbocycles. The standard InChI is InChI=1S/C47H64N8O3.2C8H10N4.Os/c1-4-39(42-20-32-54(33-21-42)28-12-6-9-15-45(57)58)37-43(41-16-23-48-24-17-41)36-38(2)40-18-30-53(31-19-40)27-11-5-8-14-44(56)49-22-10-7-13-29-55-35-26-51-47(55)46-50-25-34-52(46)3;2*1-11-5-3-9-7(11)8-10-4-6-12(8)2;/h16-21,23-26,30-35,38-39,43H,4-15,22,27-29,36-37H2,1-3H3;2*3-6H,1-2H3;/p+1. The van der Waals surface area contributed by atoms with Gasteiger partial charge in [-0.1, -0.05) is 13.8 Å². The molecule has 83 heavy (non-hydrogen) atoms. The Hall–Kier alpha value is -7.71. The van der Waals surface area contributed by atoms with Gasteiger partial charge >= 0.3 is 0 Å². The molecule has 0 saturated carbocycles. The van der Waals surface area contributed by atoms with Crippen LogP contribution in [0.4, 0.5) is 0 Å². The molecule has 0 aliphatic heterocycles. The summed E-state index contributed by atoms with van der Waals surface area (Å²) in [6.07, 6.45) is 47.3. The number of aliphatic carboxylic acids is 1. The van der Waals surface area contributed by atoms with Crippen LogP contribution in [0.2, 0.25) is 0 Å². The number of pyridine rings is 3. The van der Waals surface area contributed by atoms with Crippen molar-refractivity contribution >= 4 is 11.9 Å². The van der Waals surface area contributed by atoms with Crippen LogP contribution in [0.3, 0.4) is 0 Å². The SMILES string of the molecule is CCC(CC(CC(C)c1cc[n+](CCCCCC(=O)NCCCCCn2ccnc2-c2nccn2C)cc1)c1ccncc1)c1cc[n+](CCCCCC(=O)[O-])cc1.Cn1ccnc1-c1nccn1C.Cn1ccnc1-c1nccn1C.[Os]. The van der Waals surface area contributed by atoms with Crippen LogP contribution in [0.15, 0.2) is 148 Å². The molecule has 1 amide bonds. The van der Waals surface area contributed by atoms with Crippen LogP contribution in [0, 0.1) is 0 Å². The van der Waals surface area contributed by atoms with Crippen molar-refractivity contribution in [2.24, 2.45) is 35.2 Å². The third-order valence-electron chi connectivity index (χ3n) is 15.2. The van der Waals surface area contributed by atoms with Gasteiger partial charge < -0.3 is 42.6 Å². The number of amides is 1. The molecule has 0 radical (unpaired) electrons. The van der Waals surface area contributed by atoms with E-state index in [-0.39, 0.29) is 32.1 Å². The van der Waals surface area contributed by atoms with E-state index in [0.29, 0.717) is 30.6 Å². The molecule has 3 atom stereocenters. The zero-order valence-electron chi connectivity index (χ0n) is 49.6. The average Bonchev–Trinajstić information content (AvgIpc) is 4.60. The number of rotatable bonds is 29. The zero-order chi connectivity index (χ0) is 58.1. The van der Waals surface area contributed by atoms with Crippen LogP contribution in [0.5, 0.6) is 0 Å². The summed E-state index contributed by atoms with van der Waals surface area (Å²) in [5.41, 5.74) is 4.07. The Morgan fingerprint density at radius 3 is 1.37 bits per heavy atom. The number of hydrogen-bond donors (Lipinski definition) is 1. The molecule has 0 fully saturated rings. The Balaban J connectivity index is 0.000000358. The van der Waals surface area contributed by atoms with E-state index in [4.69, 9.17) is 0 Å². The number of nitrogens with zero attached hydrogens (tertiary/aromatic N) is 15. The predicted molar refractivity (Wildman–Crippen MR) is 315 cm³/mol. The molecule has 9 heterocycles. The van der Waals surface area contributed by atoms with Crippen LogP contribution in [0.1, 0.15) is 138 Å². The number of hydrogen-bond acceptors (Lipinski definition) is 10. The Labute approximate surface area is 503 Å². The van der Waals surface area contributed by atoms with Crippen molar-refractivity contribution in [1.29, 1.82) is 0 Å². The molecule has 0 bridgehead atoms. The number of carbonyl (C=O) groups excluding carboxylic acids is 2. The van der Waals surface area contributed by atoms with Gasteiger partial charge in [0.05, 0.1) is 0 Å². The molecule has 1 N–H and O–H groups in total. The van der Waals surface area contributed by atoms with E-state index in [0.717, 1.165) is 132 Å². The molecule has 19 nitrogen and oxygen atoms in total. The molecule has 0 aliphatic rings. The minimum atomic E-state index is -0.964. The normalized spacial score (nSPS) is 12.1. The van der Waals surface area contributed by atoms with Crippen molar-refractivity contribution < 1.29 is 43.6 Å². The van der Waals surface area contributed by atoms with Crippen molar-refractivity contribution in [2.75, 3.05) is 6.54 Å². The number of carboxylic acids is 1. The fraction of sp³-hybridized carbons (Fsp3) is 0.444. The minimum absolute atomic E-state index is 0. The van der Waals surface area contributed by atoms with Crippen molar-refractivity contribution in [3.8, 4) is 34.9 Å². The van der Waals surface area contributed by atoms with Crippen LogP contribution in [0.25, 0.3) is 34.9 Å². The molecule has 0 aromatic carbocycles. The Kier molecular flexibility index (Phi) is 26.4. The first-order chi connectivity index (χ1) is 39.9. The van der Waals surface area contributed by atoms with Gasteiger partial charge in [0.25, 0.3) is 0 Å². The van der Waals surface area contributed by atoms with E-state index in [9.17, 15) is 14.7 Å². The van der Waals surface area contributed by atoms with E-state index >= 15 is 0 Å². The maximum atomic E-state index is 12.4. The van der Waals surface area contributed by atoms with Gasteiger partial charge in [-0.15, -0.1) is 0 Å². The molecule has 3 unspecified atom stereocenters. The summed E-state index contributed by atoms with van der Waals surface area (Å²) < 4.78 is 16.4. The molecule has 9 rings (SSSR count). The van der Waals surface area contributed by atoms with Crippen LogP contribution < -0.4 is 19.6 Å². The van der Waals surface area contributed by atoms with Crippen LogP contribution in [-0.4, -0.2) is 80.7 Å². The molecular weight excluding hydrogens is 1220 g/mol. The summed E-state index contributed by atoms with van der Waals surface area (Å²) in [7, 11) is 9.80. The predicted octanol–water partition coefficient (Wildman–Crippen LogP) is 8.61. The summed E-state index contributed by atoms with van der Waals surface area (Å²) >= 11 is 0. The zero-order valence-corrected chi connectivity index (χ0v) is 52.1. The first kappa shape index (κ1) is 64.5. The first-order valence-electron chi connectivity index (χ1n) is 29.1. The maximum Gasteiger partial charge on any atom is 0.219 e. The fourth-order valence-electron chi connectivity index (χ4n) is 10.3. The Morgan fingerprint density at radius 2 is 0.916 bits per heavy atom. The Bertz CT molecular complexity index is 3110. The van der Waals surface area contributed by atoms with Gasteiger partial charge in [-0.25, -0.2) is 39.0 Å². The number of aromatic nitrogens is 15. The molecule has 0 saturated heterocycles. The monoisotopic (exact) mass is 1310 g/mol. The summed E-state index contributed by atoms with van der Waals surface area (Å²) in [4.78, 5) is 53.1. The number of carboxylic acid groups (broad SMARTS) is 1. The van der Waals surface area contributed by atoms with Gasteiger partial charge in [0.2, 0.25) is 5.91 Å². The van der Waals surface area contributed by atoms with Crippen molar-refractivity contribution in [2.45, 2.75) is 141 Å². The smallest absolute Gasteiger partial charge is 0.219 e. The summed E-state index contributed by atoms with van der Waals surface area (Å²) in [6.45, 7) is 8.09. The number of unbranched alkanes of at least 4 members (excludes halogenated alkanes) is 6. The summed E-state index contributed by atoms with van der Waals surface area (Å²) in [5.74, 6) is 5.78. The van der Waals surface area contributed by atoms with Gasteiger partial charge in [0, 0.05) is 204 Å². The number of imidazole rings is 6. The van der Waals surface area contributed by atoms with E-state index in [1.165, 1.54) is 16.7 Å².